The fourth-order valence-electron chi connectivity index (χ4n) is 2.06. The summed E-state index contributed by atoms with van der Waals surface area (Å²) >= 11 is 0. The molecule has 0 aliphatic heterocycles. The average Bonchev–Trinajstić information content (AvgIpc) is 2.56. The van der Waals surface area contributed by atoms with E-state index < -0.39 is 5.97 Å². The minimum absolute atomic E-state index is 0.283. The molecule has 0 unspecified atom stereocenters. The van der Waals surface area contributed by atoms with Gasteiger partial charge in [-0.3, -0.25) is 4.79 Å². The van der Waals surface area contributed by atoms with Gasteiger partial charge in [0, 0.05) is 6.42 Å². The highest BCUT2D eigenvalue weighted by molar-refractivity contribution is 5.66. The predicted molar refractivity (Wildman–Crippen MR) is 105 cm³/mol. The molecule has 0 aliphatic carbocycles. The quantitative estimate of drug-likeness (QED) is 0.265. The van der Waals surface area contributed by atoms with Gasteiger partial charge in [0.25, 0.3) is 0 Å². The lowest BCUT2D eigenvalue weighted by Gasteiger charge is -1.92. The van der Waals surface area contributed by atoms with Crippen molar-refractivity contribution in [2.45, 2.75) is 71.1 Å². The second kappa shape index (κ2) is 19.2. The summed E-state index contributed by atoms with van der Waals surface area (Å²) in [7, 11) is 0. The number of carboxylic acids is 1. The van der Waals surface area contributed by atoms with Crippen LogP contribution in [-0.4, -0.2) is 11.1 Å². The zero-order chi connectivity index (χ0) is 17.7. The monoisotopic (exact) mass is 330 g/mol. The van der Waals surface area contributed by atoms with Crippen LogP contribution < -0.4 is 0 Å². The SMILES string of the molecule is CC/C=C\CC/C=C\C/C=C\C/C=C\C/C=C\CCCCC(=O)O. The molecule has 134 valence electrons. The standard InChI is InChI=1S/C22H34O2/c1-2-3-4-5-6-7-8-9-10-11-12-13-14-15-16-17-18-19-20-21-22(23)24/h3-4,7-8,10-11,13-14,16-17H,2,5-6,9,12,15,18-21H2,1H3,(H,23,24)/b4-3-,8-7-,11-10-,14-13-,17-16-. The third-order valence-corrected chi connectivity index (χ3v) is 3.40. The van der Waals surface area contributed by atoms with E-state index in [1.165, 1.54) is 0 Å². The van der Waals surface area contributed by atoms with E-state index >= 15 is 0 Å². The van der Waals surface area contributed by atoms with Crippen LogP contribution in [0.3, 0.4) is 0 Å². The molecule has 0 saturated heterocycles. The molecule has 0 heterocycles. The predicted octanol–water partition coefficient (Wildman–Crippen LogP) is 6.77. The van der Waals surface area contributed by atoms with E-state index in [1.807, 2.05) is 0 Å². The zero-order valence-corrected chi connectivity index (χ0v) is 15.2. The molecule has 0 aromatic carbocycles. The van der Waals surface area contributed by atoms with Gasteiger partial charge in [-0.25, -0.2) is 0 Å². The Labute approximate surface area is 148 Å². The van der Waals surface area contributed by atoms with E-state index in [-0.39, 0.29) is 6.42 Å². The molecule has 0 atom stereocenters. The van der Waals surface area contributed by atoms with Crippen LogP contribution in [0.5, 0.6) is 0 Å². The minimum atomic E-state index is -0.699. The smallest absolute Gasteiger partial charge is 0.303 e. The van der Waals surface area contributed by atoms with Gasteiger partial charge >= 0.3 is 5.97 Å². The number of aliphatic carboxylic acids is 1. The van der Waals surface area contributed by atoms with E-state index in [1.54, 1.807) is 0 Å². The third-order valence-electron chi connectivity index (χ3n) is 3.40. The third kappa shape index (κ3) is 20.2. The minimum Gasteiger partial charge on any atom is -0.481 e. The molecule has 0 fully saturated rings. The van der Waals surface area contributed by atoms with E-state index in [4.69, 9.17) is 5.11 Å². The van der Waals surface area contributed by atoms with Crippen molar-refractivity contribution in [1.29, 1.82) is 0 Å². The maximum atomic E-state index is 10.3. The Kier molecular flexibility index (Phi) is 17.8. The highest BCUT2D eigenvalue weighted by Crippen LogP contribution is 2.02. The number of allylic oxidation sites excluding steroid dienone is 10. The topological polar surface area (TPSA) is 37.3 Å². The Morgan fingerprint density at radius 3 is 1.62 bits per heavy atom. The summed E-state index contributed by atoms with van der Waals surface area (Å²) in [5.41, 5.74) is 0. The van der Waals surface area contributed by atoms with Crippen LogP contribution in [0.2, 0.25) is 0 Å². The van der Waals surface area contributed by atoms with Gasteiger partial charge in [-0.05, 0) is 57.8 Å². The summed E-state index contributed by atoms with van der Waals surface area (Å²) < 4.78 is 0. The molecule has 0 amide bonds. The van der Waals surface area contributed by atoms with E-state index in [9.17, 15) is 4.79 Å². The van der Waals surface area contributed by atoms with Crippen molar-refractivity contribution in [3.05, 3.63) is 60.8 Å². The Morgan fingerprint density at radius 2 is 1.12 bits per heavy atom. The second-order valence-electron chi connectivity index (χ2n) is 5.69. The summed E-state index contributed by atoms with van der Waals surface area (Å²) in [6, 6.07) is 0. The molecule has 0 aromatic rings. The van der Waals surface area contributed by atoms with Gasteiger partial charge in [-0.15, -0.1) is 0 Å². The number of unbranched alkanes of at least 4 members (excludes halogenated alkanes) is 3. The van der Waals surface area contributed by atoms with E-state index in [2.05, 4.69) is 67.7 Å². The van der Waals surface area contributed by atoms with Crippen molar-refractivity contribution in [3.63, 3.8) is 0 Å². The maximum absolute atomic E-state index is 10.3. The maximum Gasteiger partial charge on any atom is 0.303 e. The molecule has 1 N–H and O–H groups in total. The first-order valence-corrected chi connectivity index (χ1v) is 9.24. The first kappa shape index (κ1) is 22.2. The van der Waals surface area contributed by atoms with Gasteiger partial charge in [0.1, 0.15) is 0 Å². The molecule has 0 radical (unpaired) electrons. The van der Waals surface area contributed by atoms with Crippen molar-refractivity contribution in [3.8, 4) is 0 Å². The molecule has 0 saturated carbocycles. The van der Waals surface area contributed by atoms with Crippen molar-refractivity contribution in [2.75, 3.05) is 0 Å². The van der Waals surface area contributed by atoms with Gasteiger partial charge in [0.05, 0.1) is 0 Å². The van der Waals surface area contributed by atoms with Gasteiger partial charge < -0.3 is 5.11 Å². The summed E-state index contributed by atoms with van der Waals surface area (Å²) in [6.45, 7) is 2.16. The van der Waals surface area contributed by atoms with E-state index in [0.29, 0.717) is 0 Å². The van der Waals surface area contributed by atoms with Crippen molar-refractivity contribution < 1.29 is 9.90 Å². The van der Waals surface area contributed by atoms with Crippen LogP contribution in [0.15, 0.2) is 60.8 Å². The first-order valence-electron chi connectivity index (χ1n) is 9.24. The number of carbonyl (C=O) groups is 1. The Morgan fingerprint density at radius 1 is 0.667 bits per heavy atom. The first-order chi connectivity index (χ1) is 11.8. The van der Waals surface area contributed by atoms with Gasteiger partial charge in [-0.1, -0.05) is 67.7 Å². The highest BCUT2D eigenvalue weighted by Gasteiger charge is 1.93. The molecule has 0 spiro atoms. The number of carboxylic acid groups (broad SMARTS) is 1. The van der Waals surface area contributed by atoms with Crippen LogP contribution in [-0.2, 0) is 4.79 Å². The van der Waals surface area contributed by atoms with Crippen LogP contribution in [0, 0.1) is 0 Å². The van der Waals surface area contributed by atoms with Gasteiger partial charge in [-0.2, -0.15) is 0 Å². The van der Waals surface area contributed by atoms with Crippen LogP contribution in [0.25, 0.3) is 0 Å². The molecule has 2 nitrogen and oxygen atoms in total. The Hall–Kier alpha value is -1.83. The summed E-state index contributed by atoms with van der Waals surface area (Å²) in [6.07, 6.45) is 31.3. The summed E-state index contributed by atoms with van der Waals surface area (Å²) in [5, 5.41) is 8.52. The fourth-order valence-corrected chi connectivity index (χ4v) is 2.06. The second-order valence-corrected chi connectivity index (χ2v) is 5.69. The lowest BCUT2D eigenvalue weighted by atomic mass is 10.2. The summed E-state index contributed by atoms with van der Waals surface area (Å²) in [5.74, 6) is -0.699. The zero-order valence-electron chi connectivity index (χ0n) is 15.2. The average molecular weight is 331 g/mol. The van der Waals surface area contributed by atoms with Crippen LogP contribution >= 0.6 is 0 Å². The molecule has 0 bridgehead atoms. The molecule has 0 rings (SSSR count). The highest BCUT2D eigenvalue weighted by atomic mass is 16.4. The number of hydrogen-bond acceptors (Lipinski definition) is 1. The molecule has 0 aromatic heterocycles. The molecule has 2 heteroatoms. The molecule has 0 aliphatic rings. The van der Waals surface area contributed by atoms with Crippen molar-refractivity contribution in [2.24, 2.45) is 0 Å². The lowest BCUT2D eigenvalue weighted by molar-refractivity contribution is -0.137. The van der Waals surface area contributed by atoms with Crippen LogP contribution in [0.4, 0.5) is 0 Å². The van der Waals surface area contributed by atoms with Crippen LogP contribution in [0.1, 0.15) is 71.1 Å². The molecule has 24 heavy (non-hydrogen) atoms. The van der Waals surface area contributed by atoms with Crippen molar-refractivity contribution in [1.82, 2.24) is 0 Å². The largest absolute Gasteiger partial charge is 0.481 e. The van der Waals surface area contributed by atoms with Gasteiger partial charge in [0.15, 0.2) is 0 Å². The Balaban J connectivity index is 3.43. The molecular weight excluding hydrogens is 296 g/mol. The van der Waals surface area contributed by atoms with E-state index in [0.717, 1.165) is 57.8 Å². The lowest BCUT2D eigenvalue weighted by Crippen LogP contribution is -1.92. The van der Waals surface area contributed by atoms with Gasteiger partial charge in [0.2, 0.25) is 0 Å². The normalized spacial score (nSPS) is 12.7. The fraction of sp³-hybridized carbons (Fsp3) is 0.500. The summed E-state index contributed by atoms with van der Waals surface area (Å²) in [4.78, 5) is 10.3. The number of rotatable bonds is 15. The molecular formula is C22H34O2. The number of hydrogen-bond donors (Lipinski definition) is 1. The Bertz CT molecular complexity index is 425. The van der Waals surface area contributed by atoms with Crippen molar-refractivity contribution >= 4 is 5.97 Å².